The summed E-state index contributed by atoms with van der Waals surface area (Å²) in [5.41, 5.74) is 3.06. The fourth-order valence-corrected chi connectivity index (χ4v) is 30.9. The van der Waals surface area contributed by atoms with Crippen molar-refractivity contribution in [2.24, 2.45) is 0 Å². The zero-order chi connectivity index (χ0) is 86.4. The monoisotopic (exact) mass is 1830 g/mol. The van der Waals surface area contributed by atoms with Crippen molar-refractivity contribution >= 4 is 224 Å². The van der Waals surface area contributed by atoms with Gasteiger partial charge in [-0.05, 0) is 252 Å². The number of benzene rings is 21. The maximum Gasteiger partial charge on any atom is 0.251 e. The normalized spacial score (nSPS) is 11.6. The van der Waals surface area contributed by atoms with Crippen molar-refractivity contribution < 1.29 is 15.0 Å². The highest BCUT2D eigenvalue weighted by Crippen LogP contribution is 2.56. The predicted octanol–water partition coefficient (Wildman–Crippen LogP) is 36.3. The standard InChI is InChI=1S/C28H21OS.C24H17NOS.C24H19OS.2C22H15S.5CH3/c29-14-13-19-9-11-24(12-10-19)30-27-17-22-7-3-1-5-20(22)15-25(27)26-16-21-6-2-4-8-23(21)18-28(26)30;1-25-24(26)16-10-12-19(13-11-16)27-22-9-5-4-8-20(22)21-14-17-6-2-3-7-18(17)15-23(21)27;25-14-13-17-9-11-20(12-10-17)26-23-8-4-3-7-21(23)22-15-18-5-1-2-6-19(18)16-24(22)26;1-2-10-18(11-3-1)23-21-13-7-6-12-19(21)20-14-16-8-4-5-9-17(16)15-22(20)23;1-2-9-17(10-3-1)23-20-13-7-6-12-19(20)22-18-11-5-4-8-16(18)14-15-21(22)23;;;;;/h1-12,15-18,29H,13-14H2;2-15H,1H3;1-12,15-16,25H,13-14H2;2*1-15H;5*1H3/q+1;;3*+1;5*-1/p+1. The Morgan fingerprint density at radius 2 is 0.440 bits per heavy atom. The second-order valence-corrected chi connectivity index (χ2v) is 42.4. The van der Waals surface area contributed by atoms with E-state index in [0.717, 1.165) is 0 Å². The number of fused-ring (bicyclic) bond motifs is 22. The minimum Gasteiger partial charge on any atom is -0.396 e. The minimum atomic E-state index is -0.152. The molecular formula is C125H103NO3S5. The van der Waals surface area contributed by atoms with Gasteiger partial charge in [-0.25, -0.2) is 0 Å². The molecule has 4 nitrogen and oxygen atoms in total. The summed E-state index contributed by atoms with van der Waals surface area (Å²) in [6.07, 6.45) is 1.42. The summed E-state index contributed by atoms with van der Waals surface area (Å²) in [6.45, 7) is 0.386. The van der Waals surface area contributed by atoms with Crippen LogP contribution in [0, 0.1) is 37.1 Å². The molecular weight excluding hydrogens is 1720 g/mol. The van der Waals surface area contributed by atoms with Gasteiger partial charge in [0.25, 0.3) is 5.91 Å². The van der Waals surface area contributed by atoms with E-state index in [2.05, 4.69) is 442 Å². The van der Waals surface area contributed by atoms with Crippen LogP contribution in [-0.2, 0) is 12.8 Å². The zero-order valence-electron chi connectivity index (χ0n) is 75.9. The van der Waals surface area contributed by atoms with Crippen LogP contribution >= 0.6 is 52.3 Å². The van der Waals surface area contributed by atoms with Crippen molar-refractivity contribution in [2.45, 2.75) is 12.8 Å². The highest BCUT2D eigenvalue weighted by molar-refractivity contribution is 7.52. The molecule has 0 fully saturated rings. The Kier molecular flexibility index (Phi) is 27.3. The van der Waals surface area contributed by atoms with E-state index in [1.807, 2.05) is 12.1 Å². The molecule has 0 saturated heterocycles. The lowest BCUT2D eigenvalue weighted by Crippen LogP contribution is -2.17. The van der Waals surface area contributed by atoms with Crippen LogP contribution in [0.15, 0.2) is 449 Å². The first-order valence-electron chi connectivity index (χ1n) is 43.8. The third-order valence-corrected chi connectivity index (χ3v) is 36.5. The number of carbonyl (C=O) groups is 1. The molecule has 5 aromatic heterocycles. The SMILES string of the molecule is CNC(=O)c1ccc(-[s+]2c3ccccc3c3cc4ccccc4cc32)cc1.OCCc1ccc(-[s+]2c3cc4ccccc4cc3c3cc4ccccc4cc32)cc1.OCCc1ccc(-[s+]2c3ccccc3c3cc4ccccc4cc32)cc1.[CH3-].[CH3-].[CH3-].[CH3-].[CH3-].c1ccc(-[s+]2c3ccccc3c3c4ccccc4ccc32)cc1.c1ccc(-[s+]2c3ccccc3c3cc4ccccc4cc32)cc1. The van der Waals surface area contributed by atoms with Gasteiger partial charge in [-0.15, -0.1) is 0 Å². The summed E-state index contributed by atoms with van der Waals surface area (Å²) in [5.74, 6) is -0.0527. The highest BCUT2D eigenvalue weighted by Gasteiger charge is 2.31. The van der Waals surface area contributed by atoms with Gasteiger partial charge in [0.1, 0.15) is 0 Å². The van der Waals surface area contributed by atoms with Gasteiger partial charge in [0.05, 0.1) is 5.39 Å². The molecule has 656 valence electrons. The van der Waals surface area contributed by atoms with E-state index < -0.39 is 0 Å². The average Bonchev–Trinajstić information content (AvgIpc) is 1.59. The Balaban J connectivity index is 0.000000116. The lowest BCUT2D eigenvalue weighted by atomic mass is 10.0. The first-order valence-corrected chi connectivity index (χ1v) is 50.0. The van der Waals surface area contributed by atoms with Gasteiger partial charge in [0.15, 0.2) is 71.5 Å². The molecule has 3 N–H and O–H groups in total. The number of carbonyl (C=O) groups excluding carboxylic acids is 1. The topological polar surface area (TPSA) is 69.6 Å². The molecule has 4 atom stereocenters. The van der Waals surface area contributed by atoms with Crippen LogP contribution in [0.2, 0.25) is 0 Å². The molecule has 26 rings (SSSR count). The summed E-state index contributed by atoms with van der Waals surface area (Å²) in [7, 11) is 1.32. The van der Waals surface area contributed by atoms with Crippen LogP contribution in [-0.4, -0.2) is 36.4 Å². The number of aliphatic hydroxyl groups is 2. The van der Waals surface area contributed by atoms with Gasteiger partial charge >= 0.3 is 0 Å². The molecule has 0 aliphatic rings. The number of aliphatic hydroxyl groups excluding tert-OH is 2. The Morgan fingerprint density at radius 1 is 0.209 bits per heavy atom. The minimum absolute atomic E-state index is 0. The van der Waals surface area contributed by atoms with E-state index in [1.54, 1.807) is 7.05 Å². The van der Waals surface area contributed by atoms with Gasteiger partial charge in [0, 0.05) is 157 Å². The Bertz CT molecular complexity index is 8630. The largest absolute Gasteiger partial charge is 0.396 e. The number of rotatable bonds is 10. The maximum atomic E-state index is 11.9. The van der Waals surface area contributed by atoms with Crippen molar-refractivity contribution in [2.75, 3.05) is 20.3 Å². The molecule has 26 aromatic rings. The number of hydrogen-bond donors (Lipinski definition) is 3. The third-order valence-electron chi connectivity index (χ3n) is 25.0. The lowest BCUT2D eigenvalue weighted by molar-refractivity contribution is 0.0963. The second-order valence-electron chi connectivity index (χ2n) is 32.6. The molecule has 0 bridgehead atoms. The van der Waals surface area contributed by atoms with Crippen LogP contribution < -0.4 is 5.32 Å². The van der Waals surface area contributed by atoms with E-state index in [1.165, 1.54) is 201 Å². The summed E-state index contributed by atoms with van der Waals surface area (Å²) >= 11 is 0. The summed E-state index contributed by atoms with van der Waals surface area (Å²) in [5, 5.41) is 50.4. The lowest BCUT2D eigenvalue weighted by Gasteiger charge is -2.00. The second kappa shape index (κ2) is 40.0. The van der Waals surface area contributed by atoms with Gasteiger partial charge < -0.3 is 52.7 Å². The van der Waals surface area contributed by atoms with Crippen molar-refractivity contribution in [3.63, 3.8) is 0 Å². The molecule has 5 heterocycles. The van der Waals surface area contributed by atoms with Crippen LogP contribution in [0.4, 0.5) is 0 Å². The Morgan fingerprint density at radius 3 is 0.754 bits per heavy atom. The van der Waals surface area contributed by atoms with Crippen LogP contribution in [0.5, 0.6) is 0 Å². The van der Waals surface area contributed by atoms with Crippen molar-refractivity contribution in [1.29, 1.82) is 0 Å². The van der Waals surface area contributed by atoms with Crippen molar-refractivity contribution in [3.8, 4) is 24.5 Å². The van der Waals surface area contributed by atoms with Gasteiger partial charge in [-0.2, -0.15) is 0 Å². The quantitative estimate of drug-likeness (QED) is 0.0944. The highest BCUT2D eigenvalue weighted by atomic mass is 32.2. The first kappa shape index (κ1) is 91.6. The molecule has 0 aliphatic carbocycles. The fraction of sp³-hybridized carbons (Fsp3) is 0.0400. The van der Waals surface area contributed by atoms with Crippen LogP contribution in [0.3, 0.4) is 0 Å². The first-order chi connectivity index (χ1) is 63.8. The molecule has 4 unspecified atom stereocenters. The zero-order valence-corrected chi connectivity index (χ0v) is 80.0. The van der Waals surface area contributed by atoms with E-state index in [0.29, 0.717) is 18.4 Å². The molecule has 0 spiro atoms. The Hall–Kier alpha value is -14.3. The van der Waals surface area contributed by atoms with E-state index in [4.69, 9.17) is 5.11 Å². The molecule has 0 aliphatic heterocycles. The van der Waals surface area contributed by atoms with Crippen LogP contribution in [0.25, 0.3) is 190 Å². The summed E-state index contributed by atoms with van der Waals surface area (Å²) < 4.78 is 14.2. The van der Waals surface area contributed by atoms with Crippen molar-refractivity contribution in [3.05, 3.63) is 503 Å². The number of hydrogen-bond acceptors (Lipinski definition) is 3. The molecule has 9 heteroatoms. The fourth-order valence-electron chi connectivity index (χ4n) is 18.9. The van der Waals surface area contributed by atoms with E-state index in [-0.39, 0.29) is 109 Å². The smallest absolute Gasteiger partial charge is 0.251 e. The third kappa shape index (κ3) is 17.0. The number of amides is 1. The molecule has 0 saturated carbocycles. The van der Waals surface area contributed by atoms with E-state index in [9.17, 15) is 9.90 Å². The molecule has 134 heavy (non-hydrogen) atoms. The molecule has 1 amide bonds. The average molecular weight is 1830 g/mol. The van der Waals surface area contributed by atoms with E-state index >= 15 is 0 Å². The summed E-state index contributed by atoms with van der Waals surface area (Å²) in [6, 6.07) is 163. The molecule has 0 radical (unpaired) electrons. The van der Waals surface area contributed by atoms with Gasteiger partial charge in [0.2, 0.25) is 0 Å². The van der Waals surface area contributed by atoms with Gasteiger partial charge in [-0.3, -0.25) is 4.79 Å². The molecule has 21 aromatic carbocycles. The maximum absolute atomic E-state index is 11.9. The number of nitrogens with one attached hydrogen (secondary N) is 1. The summed E-state index contributed by atoms with van der Waals surface area (Å²) in [4.78, 5) is 18.6. The van der Waals surface area contributed by atoms with Crippen LogP contribution in [0.1, 0.15) is 21.5 Å². The van der Waals surface area contributed by atoms with Gasteiger partial charge in [-0.1, -0.05) is 255 Å². The number of thiophene rings is 5. The van der Waals surface area contributed by atoms with Crippen molar-refractivity contribution in [1.82, 2.24) is 5.32 Å². The predicted molar refractivity (Wildman–Crippen MR) is 598 cm³/mol. The Labute approximate surface area is 797 Å².